The van der Waals surface area contributed by atoms with Gasteiger partial charge in [0.05, 0.1) is 6.61 Å². The van der Waals surface area contributed by atoms with Crippen molar-refractivity contribution in [2.75, 3.05) is 12.3 Å². The van der Waals surface area contributed by atoms with Crippen LogP contribution < -0.4 is 5.73 Å². The molecule has 1 aromatic rings. The number of nitrogens with two attached hydrogens (primary N) is 1. The molecule has 1 aromatic carbocycles. The Morgan fingerprint density at radius 1 is 1.60 bits per heavy atom. The fourth-order valence-corrected chi connectivity index (χ4v) is 1.40. The van der Waals surface area contributed by atoms with Crippen LogP contribution in [-0.2, 0) is 9.53 Å². The van der Waals surface area contributed by atoms with Crippen molar-refractivity contribution in [1.29, 1.82) is 0 Å². The van der Waals surface area contributed by atoms with Gasteiger partial charge in [0, 0.05) is 16.2 Å². The van der Waals surface area contributed by atoms with Gasteiger partial charge in [0.2, 0.25) is 0 Å². The molecular formula is C11H12BrNO2. The summed E-state index contributed by atoms with van der Waals surface area (Å²) in [6, 6.07) is 5.44. The highest BCUT2D eigenvalue weighted by Gasteiger charge is 1.97. The second kappa shape index (κ2) is 5.56. The molecule has 0 atom stereocenters. The molecular weight excluding hydrogens is 258 g/mol. The summed E-state index contributed by atoms with van der Waals surface area (Å²) in [6.45, 7) is 2.15. The maximum absolute atomic E-state index is 11.0. The summed E-state index contributed by atoms with van der Waals surface area (Å²) in [4.78, 5) is 11.0. The molecule has 0 unspecified atom stereocenters. The van der Waals surface area contributed by atoms with Crippen molar-refractivity contribution in [1.82, 2.24) is 0 Å². The van der Waals surface area contributed by atoms with Crippen LogP contribution in [0.4, 0.5) is 5.69 Å². The van der Waals surface area contributed by atoms with Crippen LogP contribution in [0.1, 0.15) is 12.5 Å². The van der Waals surface area contributed by atoms with E-state index in [2.05, 4.69) is 15.9 Å². The van der Waals surface area contributed by atoms with Crippen molar-refractivity contribution in [3.05, 3.63) is 34.3 Å². The Morgan fingerprint density at radius 3 is 2.93 bits per heavy atom. The summed E-state index contributed by atoms with van der Waals surface area (Å²) in [5.74, 6) is -0.342. The molecule has 0 bridgehead atoms. The lowest BCUT2D eigenvalue weighted by Crippen LogP contribution is -1.98. The molecule has 80 valence electrons. The Morgan fingerprint density at radius 2 is 2.33 bits per heavy atom. The highest BCUT2D eigenvalue weighted by molar-refractivity contribution is 9.10. The van der Waals surface area contributed by atoms with Gasteiger partial charge in [0.25, 0.3) is 0 Å². The Bertz CT molecular complexity index is 388. The molecule has 0 spiro atoms. The van der Waals surface area contributed by atoms with Crippen LogP contribution in [-0.4, -0.2) is 12.6 Å². The normalized spacial score (nSPS) is 10.5. The third kappa shape index (κ3) is 3.75. The van der Waals surface area contributed by atoms with Crippen molar-refractivity contribution in [3.63, 3.8) is 0 Å². The van der Waals surface area contributed by atoms with Gasteiger partial charge in [-0.25, -0.2) is 4.79 Å². The van der Waals surface area contributed by atoms with E-state index in [1.165, 1.54) is 6.08 Å². The predicted octanol–water partition coefficient (Wildman–Crippen LogP) is 2.61. The van der Waals surface area contributed by atoms with Gasteiger partial charge in [-0.3, -0.25) is 0 Å². The number of hydrogen-bond acceptors (Lipinski definition) is 3. The second-order valence-electron chi connectivity index (χ2n) is 2.87. The number of esters is 1. The lowest BCUT2D eigenvalue weighted by atomic mass is 10.2. The Hall–Kier alpha value is -1.29. The monoisotopic (exact) mass is 269 g/mol. The molecule has 0 amide bonds. The fourth-order valence-electron chi connectivity index (χ4n) is 1.00. The summed E-state index contributed by atoms with van der Waals surface area (Å²) in [5.41, 5.74) is 7.19. The van der Waals surface area contributed by atoms with Crippen LogP contribution in [0.2, 0.25) is 0 Å². The van der Waals surface area contributed by atoms with E-state index in [9.17, 15) is 4.79 Å². The lowest BCUT2D eigenvalue weighted by molar-refractivity contribution is -0.137. The first-order chi connectivity index (χ1) is 7.13. The highest BCUT2D eigenvalue weighted by Crippen LogP contribution is 2.20. The molecule has 0 heterocycles. The minimum atomic E-state index is -0.342. The molecule has 4 heteroatoms. The SMILES string of the molecule is CCOC(=O)C=Cc1ccc(N)c(Br)c1. The molecule has 2 N–H and O–H groups in total. The van der Waals surface area contributed by atoms with Crippen LogP contribution in [0.15, 0.2) is 28.7 Å². The third-order valence-electron chi connectivity index (χ3n) is 1.72. The first-order valence-electron chi connectivity index (χ1n) is 4.53. The molecule has 0 aliphatic heterocycles. The number of ether oxygens (including phenoxy) is 1. The Balaban J connectivity index is 2.72. The van der Waals surface area contributed by atoms with E-state index in [0.717, 1.165) is 10.0 Å². The van der Waals surface area contributed by atoms with Crippen LogP contribution in [0.5, 0.6) is 0 Å². The summed E-state index contributed by atoms with van der Waals surface area (Å²) in [5, 5.41) is 0. The summed E-state index contributed by atoms with van der Waals surface area (Å²) < 4.78 is 5.57. The quantitative estimate of drug-likeness (QED) is 0.522. The Labute approximate surface area is 97.0 Å². The van der Waals surface area contributed by atoms with Crippen molar-refractivity contribution in [3.8, 4) is 0 Å². The lowest BCUT2D eigenvalue weighted by Gasteiger charge is -1.99. The van der Waals surface area contributed by atoms with Crippen LogP contribution in [0.3, 0.4) is 0 Å². The van der Waals surface area contributed by atoms with Crippen LogP contribution in [0, 0.1) is 0 Å². The number of nitrogen functional groups attached to an aromatic ring is 1. The summed E-state index contributed by atoms with van der Waals surface area (Å²) in [7, 11) is 0. The topological polar surface area (TPSA) is 52.3 Å². The molecule has 3 nitrogen and oxygen atoms in total. The zero-order valence-corrected chi connectivity index (χ0v) is 9.95. The zero-order valence-electron chi connectivity index (χ0n) is 8.37. The zero-order chi connectivity index (χ0) is 11.3. The molecule has 0 aliphatic rings. The van der Waals surface area contributed by atoms with E-state index in [1.807, 2.05) is 12.1 Å². The first kappa shape index (κ1) is 11.8. The molecule has 0 aliphatic carbocycles. The summed E-state index contributed by atoms with van der Waals surface area (Å²) >= 11 is 3.31. The van der Waals surface area contributed by atoms with E-state index in [1.54, 1.807) is 19.1 Å². The third-order valence-corrected chi connectivity index (χ3v) is 2.41. The van der Waals surface area contributed by atoms with Crippen molar-refractivity contribution in [2.24, 2.45) is 0 Å². The summed E-state index contributed by atoms with van der Waals surface area (Å²) in [6.07, 6.45) is 3.07. The number of carbonyl (C=O) groups excluding carboxylic acids is 1. The van der Waals surface area contributed by atoms with Gasteiger partial charge in [0.1, 0.15) is 0 Å². The van der Waals surface area contributed by atoms with Gasteiger partial charge >= 0.3 is 5.97 Å². The van der Waals surface area contributed by atoms with E-state index >= 15 is 0 Å². The van der Waals surface area contributed by atoms with Gasteiger partial charge in [-0.1, -0.05) is 6.07 Å². The maximum Gasteiger partial charge on any atom is 0.330 e. The molecule has 15 heavy (non-hydrogen) atoms. The van der Waals surface area contributed by atoms with Gasteiger partial charge in [-0.05, 0) is 46.6 Å². The number of benzene rings is 1. The van der Waals surface area contributed by atoms with E-state index in [-0.39, 0.29) is 5.97 Å². The Kier molecular flexibility index (Phi) is 4.37. The number of rotatable bonds is 3. The molecule has 0 aromatic heterocycles. The molecule has 0 saturated heterocycles. The standard InChI is InChI=1S/C11H12BrNO2/c1-2-15-11(14)6-4-8-3-5-10(13)9(12)7-8/h3-7H,2,13H2,1H3. The number of anilines is 1. The highest BCUT2D eigenvalue weighted by atomic mass is 79.9. The molecule has 0 saturated carbocycles. The van der Waals surface area contributed by atoms with Gasteiger partial charge in [0.15, 0.2) is 0 Å². The number of halogens is 1. The average molecular weight is 270 g/mol. The van der Waals surface area contributed by atoms with E-state index < -0.39 is 0 Å². The van der Waals surface area contributed by atoms with Crippen molar-refractivity contribution in [2.45, 2.75) is 6.92 Å². The average Bonchev–Trinajstić information content (AvgIpc) is 2.20. The minimum absolute atomic E-state index is 0.342. The number of hydrogen-bond donors (Lipinski definition) is 1. The second-order valence-corrected chi connectivity index (χ2v) is 3.72. The molecule has 0 fully saturated rings. The van der Waals surface area contributed by atoms with E-state index in [4.69, 9.17) is 10.5 Å². The number of carbonyl (C=O) groups is 1. The van der Waals surface area contributed by atoms with Gasteiger partial charge < -0.3 is 10.5 Å². The fraction of sp³-hybridized carbons (Fsp3) is 0.182. The molecule has 1 rings (SSSR count). The van der Waals surface area contributed by atoms with Crippen molar-refractivity contribution >= 4 is 33.7 Å². The minimum Gasteiger partial charge on any atom is -0.463 e. The largest absolute Gasteiger partial charge is 0.463 e. The molecule has 0 radical (unpaired) electrons. The van der Waals surface area contributed by atoms with Gasteiger partial charge in [-0.2, -0.15) is 0 Å². The first-order valence-corrected chi connectivity index (χ1v) is 5.32. The smallest absolute Gasteiger partial charge is 0.330 e. The predicted molar refractivity (Wildman–Crippen MR) is 64.2 cm³/mol. The van der Waals surface area contributed by atoms with E-state index in [0.29, 0.717) is 12.3 Å². The van der Waals surface area contributed by atoms with Crippen molar-refractivity contribution < 1.29 is 9.53 Å². The van der Waals surface area contributed by atoms with Crippen LogP contribution >= 0.6 is 15.9 Å². The maximum atomic E-state index is 11.0. The van der Waals surface area contributed by atoms with Gasteiger partial charge in [-0.15, -0.1) is 0 Å². The van der Waals surface area contributed by atoms with Crippen LogP contribution in [0.25, 0.3) is 6.08 Å².